The van der Waals surface area contributed by atoms with Gasteiger partial charge in [0, 0.05) is 24.5 Å². The second-order valence-electron chi connectivity index (χ2n) is 7.90. The Hall–Kier alpha value is -3.25. The molecular weight excluding hydrogens is 430 g/mol. The fourth-order valence-electron chi connectivity index (χ4n) is 3.18. The van der Waals surface area contributed by atoms with Crippen molar-refractivity contribution in [3.8, 4) is 5.75 Å². The number of hydrogen-bond acceptors (Lipinski definition) is 3. The summed E-state index contributed by atoms with van der Waals surface area (Å²) in [4.78, 5) is 20.4. The third-order valence-corrected chi connectivity index (χ3v) is 6.12. The molecule has 3 aromatic rings. The predicted molar refractivity (Wildman–Crippen MR) is 137 cm³/mol. The number of thioether (sulfide) groups is 1. The second-order valence-corrected chi connectivity index (χ2v) is 8.94. The van der Waals surface area contributed by atoms with Crippen LogP contribution in [-0.2, 0) is 13.1 Å². The molecule has 33 heavy (non-hydrogen) atoms. The zero-order valence-electron chi connectivity index (χ0n) is 19.2. The van der Waals surface area contributed by atoms with E-state index < -0.39 is 0 Å². The van der Waals surface area contributed by atoms with Crippen LogP contribution < -0.4 is 5.32 Å². The van der Waals surface area contributed by atoms with Gasteiger partial charge in [-0.15, -0.1) is 0 Å². The molecule has 0 saturated heterocycles. The molecule has 0 aliphatic rings. The van der Waals surface area contributed by atoms with Gasteiger partial charge in [0.15, 0.2) is 5.17 Å². The molecule has 0 heterocycles. The topological polar surface area (TPSA) is 64.9 Å². The number of phenols is 1. The number of phenolic OH excluding ortho intramolecular Hbond substituents is 1. The molecule has 2 amide bonds. The lowest BCUT2D eigenvalue weighted by Gasteiger charge is -2.26. The number of amides is 2. The Morgan fingerprint density at radius 2 is 1.67 bits per heavy atom. The Labute approximate surface area is 200 Å². The molecule has 0 aliphatic heterocycles. The lowest BCUT2D eigenvalue weighted by molar-refractivity contribution is 0.248. The number of nitrogens with one attached hydrogen (secondary N) is 1. The molecule has 6 heteroatoms. The van der Waals surface area contributed by atoms with Gasteiger partial charge in [0.05, 0.1) is 0 Å². The lowest BCUT2D eigenvalue weighted by Crippen LogP contribution is -2.32. The van der Waals surface area contributed by atoms with Crippen molar-refractivity contribution in [1.82, 2.24) is 10.2 Å². The number of aromatic hydroxyl groups is 1. The molecular formula is C27H31N3O2S. The number of nitrogens with zero attached hydrogens (tertiary/aromatic N) is 2. The maximum absolute atomic E-state index is 12.8. The highest BCUT2D eigenvalue weighted by Crippen LogP contribution is 2.24. The van der Waals surface area contributed by atoms with Crippen LogP contribution in [0.5, 0.6) is 5.75 Å². The number of carbonyl (C=O) groups is 1. The molecule has 0 unspecified atom stereocenters. The number of rotatable bonds is 8. The van der Waals surface area contributed by atoms with E-state index in [1.807, 2.05) is 42.5 Å². The molecule has 0 atom stereocenters. The van der Waals surface area contributed by atoms with Crippen molar-refractivity contribution in [3.63, 3.8) is 0 Å². The normalized spacial score (nSPS) is 11.3. The first-order valence-corrected chi connectivity index (χ1v) is 12.0. The van der Waals surface area contributed by atoms with Crippen LogP contribution in [0.2, 0.25) is 0 Å². The Bertz CT molecular complexity index is 1040. The summed E-state index contributed by atoms with van der Waals surface area (Å²) in [6.07, 6.45) is 2.02. The SMILES string of the molecule is CCCCN(Cc1ccc(O)cc1)C(=NC(=O)NCc1ccccc1)Sc1ccc(C)cc1. The van der Waals surface area contributed by atoms with Crippen LogP contribution in [0.25, 0.3) is 0 Å². The summed E-state index contributed by atoms with van der Waals surface area (Å²) in [7, 11) is 0. The third-order valence-electron chi connectivity index (χ3n) is 5.08. The monoisotopic (exact) mass is 461 g/mol. The molecule has 3 aromatic carbocycles. The summed E-state index contributed by atoms with van der Waals surface area (Å²) < 4.78 is 0. The standard InChI is InChI=1S/C27H31N3O2S/c1-3-4-18-30(20-23-12-14-24(31)15-13-23)27(33-25-16-10-21(2)11-17-25)29-26(32)28-19-22-8-6-5-7-9-22/h5-17,31H,3-4,18-20H2,1-2H3,(H,28,32). The summed E-state index contributed by atoms with van der Waals surface area (Å²) in [6, 6.07) is 24.8. The molecule has 0 saturated carbocycles. The van der Waals surface area contributed by atoms with Crippen LogP contribution >= 0.6 is 11.8 Å². The van der Waals surface area contributed by atoms with E-state index >= 15 is 0 Å². The van der Waals surface area contributed by atoms with Gasteiger partial charge in [-0.2, -0.15) is 4.99 Å². The summed E-state index contributed by atoms with van der Waals surface area (Å²) in [5.41, 5.74) is 3.26. The summed E-state index contributed by atoms with van der Waals surface area (Å²) in [5.74, 6) is 0.238. The van der Waals surface area contributed by atoms with Crippen LogP contribution in [0, 0.1) is 6.92 Å². The maximum Gasteiger partial charge on any atom is 0.343 e. The molecule has 2 N–H and O–H groups in total. The first kappa shape index (κ1) is 24.4. The van der Waals surface area contributed by atoms with E-state index in [-0.39, 0.29) is 11.8 Å². The number of benzene rings is 3. The minimum Gasteiger partial charge on any atom is -0.508 e. The molecule has 0 fully saturated rings. The molecule has 0 spiro atoms. The fourth-order valence-corrected chi connectivity index (χ4v) is 4.08. The van der Waals surface area contributed by atoms with Gasteiger partial charge in [-0.05, 0) is 48.7 Å². The average Bonchev–Trinajstić information content (AvgIpc) is 2.83. The number of aryl methyl sites for hydroxylation is 1. The van der Waals surface area contributed by atoms with Gasteiger partial charge in [-0.25, -0.2) is 4.79 Å². The average molecular weight is 462 g/mol. The van der Waals surface area contributed by atoms with Gasteiger partial charge >= 0.3 is 6.03 Å². The number of urea groups is 1. The van der Waals surface area contributed by atoms with Crippen molar-refractivity contribution < 1.29 is 9.90 Å². The van der Waals surface area contributed by atoms with E-state index in [1.165, 1.54) is 17.3 Å². The Kier molecular flexibility index (Phi) is 9.39. The van der Waals surface area contributed by atoms with Crippen molar-refractivity contribution in [3.05, 3.63) is 95.6 Å². The first-order chi connectivity index (χ1) is 16.0. The number of unbranched alkanes of at least 4 members (excludes halogenated alkanes) is 1. The zero-order chi connectivity index (χ0) is 23.5. The highest BCUT2D eigenvalue weighted by atomic mass is 32.2. The van der Waals surface area contributed by atoms with Gasteiger partial charge in [-0.1, -0.05) is 85.3 Å². The van der Waals surface area contributed by atoms with E-state index in [0.29, 0.717) is 18.3 Å². The van der Waals surface area contributed by atoms with E-state index in [9.17, 15) is 9.90 Å². The van der Waals surface area contributed by atoms with Gasteiger partial charge in [0.2, 0.25) is 0 Å². The fraction of sp³-hybridized carbons (Fsp3) is 0.259. The number of amidine groups is 1. The van der Waals surface area contributed by atoms with Crippen LogP contribution in [0.3, 0.4) is 0 Å². The third kappa shape index (κ3) is 8.31. The number of aliphatic imine (C=N–C) groups is 1. The zero-order valence-corrected chi connectivity index (χ0v) is 20.0. The Balaban J connectivity index is 1.83. The highest BCUT2D eigenvalue weighted by molar-refractivity contribution is 8.13. The first-order valence-electron chi connectivity index (χ1n) is 11.2. The Morgan fingerprint density at radius 3 is 2.33 bits per heavy atom. The van der Waals surface area contributed by atoms with Crippen molar-refractivity contribution in [2.75, 3.05) is 6.54 Å². The van der Waals surface area contributed by atoms with E-state index in [1.54, 1.807) is 12.1 Å². The number of carbonyl (C=O) groups excluding carboxylic acids is 1. The smallest absolute Gasteiger partial charge is 0.343 e. The van der Waals surface area contributed by atoms with Gasteiger partial charge in [0.25, 0.3) is 0 Å². The van der Waals surface area contributed by atoms with Crippen molar-refractivity contribution in [2.45, 2.75) is 44.7 Å². The summed E-state index contributed by atoms with van der Waals surface area (Å²) in [6.45, 7) is 6.01. The second kappa shape index (κ2) is 12.7. The predicted octanol–water partition coefficient (Wildman–Crippen LogP) is 6.36. The molecule has 3 rings (SSSR count). The molecule has 0 aromatic heterocycles. The number of hydrogen-bond donors (Lipinski definition) is 2. The maximum atomic E-state index is 12.8. The molecule has 0 bridgehead atoms. The van der Waals surface area contributed by atoms with Crippen molar-refractivity contribution in [2.24, 2.45) is 4.99 Å². The van der Waals surface area contributed by atoms with Crippen LogP contribution in [0.1, 0.15) is 36.5 Å². The van der Waals surface area contributed by atoms with Crippen LogP contribution in [0.15, 0.2) is 88.8 Å². The van der Waals surface area contributed by atoms with Gasteiger partial charge < -0.3 is 15.3 Å². The van der Waals surface area contributed by atoms with Crippen molar-refractivity contribution in [1.29, 1.82) is 0 Å². The quantitative estimate of drug-likeness (QED) is 0.233. The summed E-state index contributed by atoms with van der Waals surface area (Å²) in [5, 5.41) is 13.2. The Morgan fingerprint density at radius 1 is 0.970 bits per heavy atom. The van der Waals surface area contributed by atoms with Gasteiger partial charge in [-0.3, -0.25) is 0 Å². The summed E-state index contributed by atoms with van der Waals surface area (Å²) >= 11 is 1.49. The minimum absolute atomic E-state index is 0.238. The highest BCUT2D eigenvalue weighted by Gasteiger charge is 2.16. The molecule has 5 nitrogen and oxygen atoms in total. The van der Waals surface area contributed by atoms with Gasteiger partial charge in [0.1, 0.15) is 5.75 Å². The van der Waals surface area contributed by atoms with E-state index in [2.05, 4.69) is 53.3 Å². The van der Waals surface area contributed by atoms with E-state index in [0.717, 1.165) is 35.4 Å². The van der Waals surface area contributed by atoms with Crippen molar-refractivity contribution >= 4 is 23.0 Å². The van der Waals surface area contributed by atoms with Crippen LogP contribution in [-0.4, -0.2) is 27.7 Å². The largest absolute Gasteiger partial charge is 0.508 e. The van der Waals surface area contributed by atoms with E-state index in [4.69, 9.17) is 0 Å². The van der Waals surface area contributed by atoms with Crippen LogP contribution in [0.4, 0.5) is 4.79 Å². The molecule has 0 radical (unpaired) electrons. The molecule has 0 aliphatic carbocycles. The molecule has 172 valence electrons. The minimum atomic E-state index is -0.360. The lowest BCUT2D eigenvalue weighted by atomic mass is 10.2.